The van der Waals surface area contributed by atoms with Gasteiger partial charge in [-0.1, -0.05) is 24.5 Å². The lowest BCUT2D eigenvalue weighted by atomic mass is 10.1. The highest BCUT2D eigenvalue weighted by Crippen LogP contribution is 2.60. The summed E-state index contributed by atoms with van der Waals surface area (Å²) in [5, 5.41) is 21.9. The number of hydrogen-bond donors (Lipinski definition) is 8. The van der Waals surface area contributed by atoms with Crippen LogP contribution in [-0.4, -0.2) is 163 Å². The molecule has 9 N–H and O–H groups in total. The minimum atomic E-state index is -4.58. The zero-order chi connectivity index (χ0) is 48.4. The molecule has 15 atom stereocenters. The van der Waals surface area contributed by atoms with E-state index in [-0.39, 0.29) is 50.9 Å². The second kappa shape index (κ2) is 18.9. The van der Waals surface area contributed by atoms with Crippen molar-refractivity contribution in [1.82, 2.24) is 58.6 Å². The van der Waals surface area contributed by atoms with Crippen LogP contribution < -0.4 is 17.2 Å². The van der Waals surface area contributed by atoms with Crippen LogP contribution in [0, 0.1) is 0 Å². The zero-order valence-corrected chi connectivity index (χ0v) is 39.8. The van der Waals surface area contributed by atoms with Gasteiger partial charge < -0.3 is 56.0 Å². The lowest BCUT2D eigenvalue weighted by molar-refractivity contribution is -0.133. The highest BCUT2D eigenvalue weighted by Gasteiger charge is 2.54. The summed E-state index contributed by atoms with van der Waals surface area (Å²) < 4.78 is 103. The van der Waals surface area contributed by atoms with E-state index in [0.717, 1.165) is 6.66 Å². The van der Waals surface area contributed by atoms with Gasteiger partial charge in [-0.2, -0.15) is 0 Å². The Morgan fingerprint density at radius 2 is 1.00 bits per heavy atom. The normalized spacial score (nSPS) is 31.4. The third-order valence-electron chi connectivity index (χ3n) is 10.9. The largest absolute Gasteiger partial charge is 0.387 e. The van der Waals surface area contributed by atoms with Crippen LogP contribution in [0.15, 0.2) is 38.0 Å². The molecule has 6 aromatic heterocycles. The SMILES string of the molecule is CO[C@H]1[C@@H](OP(=O)(S)OC[C@H]2O[C@@H](n3cnc4c(N)ncnc43)[C@H](O)[C@@H]2O)[C@H](n2cnc3c(N)ncnc32)O[C@@H]1COP(=O)(S)O[C@@H]1[C@H](OC)C(OP(C)(=O)O)O[C@H]1n1cnc2c(N)ncnc21. The number of nitrogen functional groups attached to an aromatic ring is 3. The number of thiol groups is 2. The Morgan fingerprint density at radius 3 is 1.46 bits per heavy atom. The lowest BCUT2D eigenvalue weighted by Crippen LogP contribution is -2.38. The third kappa shape index (κ3) is 9.45. The number of fused-ring (bicyclic) bond motifs is 3. The number of aromatic nitrogens is 12. The van der Waals surface area contributed by atoms with E-state index >= 15 is 0 Å². The number of aliphatic hydroxyl groups is 2. The van der Waals surface area contributed by atoms with E-state index in [1.54, 1.807) is 0 Å². The van der Waals surface area contributed by atoms with Crippen LogP contribution in [-0.2, 0) is 60.0 Å². The van der Waals surface area contributed by atoms with E-state index in [4.69, 9.17) is 63.5 Å². The maximum absolute atomic E-state index is 14.3. The number of nitrogens with two attached hydrogens (primary N) is 3. The Bertz CT molecular complexity index is 2970. The van der Waals surface area contributed by atoms with Crippen LogP contribution in [0.5, 0.6) is 0 Å². The first-order chi connectivity index (χ1) is 32.3. The number of nitrogens with zero attached hydrogens (tertiary/aromatic N) is 12. The standard InChI is InChI=1S/C32H42N15O16P3S2/c1-54-19-13(5-57-66(53,68)62-21-22(55-2)32(63-64(3,50)51)60-31(21)47-11-44-16-25(35)38-8-41-28(16)47)59-30(46-10-43-15-24(34)37-7-40-27(15)46)20(19)61-65(52,67)56-4-12-17(48)18(49)29(58-12)45-9-42-14-23(33)36-6-39-26(14)45/h6-13,17-22,29-32,48-49H,4-5H2,1-3H3,(H,50,51)(H,52,67)(H,53,68)(H2,33,36,39)(H2,34,37,40)(H2,35,38,41)/t12-,13-,17-,18-,19-,20-,21-,22+,29-,30-,31-,32?,65?,66?/m1/s1. The number of ether oxygens (including phenoxy) is 5. The molecule has 9 heterocycles. The number of anilines is 3. The molecule has 3 fully saturated rings. The summed E-state index contributed by atoms with van der Waals surface area (Å²) in [5.74, 6) is 0.130. The average Bonchev–Trinajstić information content (AvgIpc) is 4.14. The van der Waals surface area contributed by atoms with Crippen LogP contribution in [0.3, 0.4) is 0 Å². The van der Waals surface area contributed by atoms with Crippen molar-refractivity contribution < 1.29 is 75.1 Å². The van der Waals surface area contributed by atoms with Crippen molar-refractivity contribution in [2.45, 2.75) is 73.8 Å². The van der Waals surface area contributed by atoms with E-state index in [1.165, 1.54) is 65.9 Å². The molecule has 0 spiro atoms. The summed E-state index contributed by atoms with van der Waals surface area (Å²) in [7, 11) is -1.72. The minimum absolute atomic E-state index is 0.0236. The van der Waals surface area contributed by atoms with Crippen molar-refractivity contribution >= 4 is 96.6 Å². The molecule has 0 radical (unpaired) electrons. The summed E-state index contributed by atoms with van der Waals surface area (Å²) in [4.78, 5) is 47.2. The molecular weight excluding hydrogens is 1010 g/mol. The molecule has 0 saturated carbocycles. The number of methoxy groups -OCH3 is 2. The van der Waals surface area contributed by atoms with Crippen LogP contribution in [0.4, 0.5) is 17.5 Å². The molecule has 0 aromatic carbocycles. The molecular formula is C32H42N15O16P3S2. The van der Waals surface area contributed by atoms with Gasteiger partial charge in [0.15, 0.2) is 59.4 Å². The number of imidazole rings is 3. The maximum Gasteiger partial charge on any atom is 0.386 e. The molecule has 0 aliphatic carbocycles. The smallest absolute Gasteiger partial charge is 0.386 e. The molecule has 3 saturated heterocycles. The third-order valence-corrected chi connectivity index (χ3v) is 14.7. The molecule has 36 heteroatoms. The van der Waals surface area contributed by atoms with Crippen LogP contribution >= 0.6 is 45.7 Å². The van der Waals surface area contributed by atoms with E-state index in [1.807, 2.05) is 0 Å². The van der Waals surface area contributed by atoms with E-state index in [0.29, 0.717) is 0 Å². The van der Waals surface area contributed by atoms with Gasteiger partial charge in [0.1, 0.15) is 84.4 Å². The van der Waals surface area contributed by atoms with Crippen LogP contribution in [0.25, 0.3) is 33.5 Å². The fraction of sp³-hybridized carbons (Fsp3) is 0.531. The molecule has 3 aliphatic rings. The van der Waals surface area contributed by atoms with E-state index < -0.39 is 108 Å². The molecule has 4 unspecified atom stereocenters. The topological polar surface area (TPSA) is 413 Å². The van der Waals surface area contributed by atoms with Gasteiger partial charge in [0.05, 0.1) is 32.2 Å². The van der Waals surface area contributed by atoms with Gasteiger partial charge in [-0.25, -0.2) is 54.0 Å². The molecule has 3 aliphatic heterocycles. The molecule has 31 nitrogen and oxygen atoms in total. The first kappa shape index (κ1) is 48.9. The molecule has 9 rings (SSSR count). The molecule has 6 aromatic rings. The van der Waals surface area contributed by atoms with Crippen molar-refractivity contribution in [3.8, 4) is 0 Å². The summed E-state index contributed by atoms with van der Waals surface area (Å²) in [5.41, 5.74) is 19.1. The van der Waals surface area contributed by atoms with Crippen molar-refractivity contribution in [1.29, 1.82) is 0 Å². The first-order valence-electron chi connectivity index (χ1n) is 19.7. The average molecular weight is 1050 g/mol. The zero-order valence-electron chi connectivity index (χ0n) is 35.3. The fourth-order valence-electron chi connectivity index (χ4n) is 7.90. The van der Waals surface area contributed by atoms with E-state index in [2.05, 4.69) is 69.4 Å². The van der Waals surface area contributed by atoms with Gasteiger partial charge in [-0.05, 0) is 0 Å². The molecule has 68 heavy (non-hydrogen) atoms. The second-order valence-corrected chi connectivity index (χ2v) is 22.8. The summed E-state index contributed by atoms with van der Waals surface area (Å²) in [6, 6.07) is 0. The van der Waals surface area contributed by atoms with Crippen LogP contribution in [0.2, 0.25) is 0 Å². The van der Waals surface area contributed by atoms with Gasteiger partial charge in [-0.15, -0.1) is 0 Å². The molecule has 0 bridgehead atoms. The van der Waals surface area contributed by atoms with Gasteiger partial charge >= 0.3 is 21.2 Å². The number of rotatable bonds is 17. The highest BCUT2D eigenvalue weighted by molar-refractivity contribution is 8.44. The lowest BCUT2D eigenvalue weighted by Gasteiger charge is -2.27. The maximum atomic E-state index is 14.3. The first-order valence-corrected chi connectivity index (χ1v) is 27.2. The Balaban J connectivity index is 0.943. The van der Waals surface area contributed by atoms with E-state index in [9.17, 15) is 28.8 Å². The number of aliphatic hydroxyl groups excluding tert-OH is 2. The predicted octanol–water partition coefficient (Wildman–Crippen LogP) is 0.365. The fourth-order valence-corrected chi connectivity index (χ4v) is 11.4. The number of hydrogen-bond acceptors (Lipinski definition) is 27. The summed E-state index contributed by atoms with van der Waals surface area (Å²) in [6.45, 7) is -9.42. The summed E-state index contributed by atoms with van der Waals surface area (Å²) in [6.07, 6.45) is -9.14. The van der Waals surface area contributed by atoms with Crippen molar-refractivity contribution in [2.75, 3.05) is 51.3 Å². The van der Waals surface area contributed by atoms with Gasteiger partial charge in [0.25, 0.3) is 0 Å². The van der Waals surface area contributed by atoms with Crippen molar-refractivity contribution in [3.05, 3.63) is 38.0 Å². The highest BCUT2D eigenvalue weighted by atomic mass is 32.7. The summed E-state index contributed by atoms with van der Waals surface area (Å²) >= 11 is 8.48. The van der Waals surface area contributed by atoms with Gasteiger partial charge in [0, 0.05) is 20.9 Å². The molecule has 0 amide bonds. The van der Waals surface area contributed by atoms with Crippen molar-refractivity contribution in [2.24, 2.45) is 0 Å². The Labute approximate surface area is 392 Å². The molecule has 368 valence electrons. The van der Waals surface area contributed by atoms with Crippen LogP contribution in [0.1, 0.15) is 18.7 Å². The Hall–Kier alpha value is -4.08. The quantitative estimate of drug-likeness (QED) is 0.0452. The van der Waals surface area contributed by atoms with Gasteiger partial charge in [-0.3, -0.25) is 40.9 Å². The predicted molar refractivity (Wildman–Crippen MR) is 236 cm³/mol. The second-order valence-electron chi connectivity index (χ2n) is 15.2. The monoisotopic (exact) mass is 1050 g/mol. The van der Waals surface area contributed by atoms with Crippen molar-refractivity contribution in [3.63, 3.8) is 0 Å². The minimum Gasteiger partial charge on any atom is -0.387 e. The van der Waals surface area contributed by atoms with Gasteiger partial charge in [0.2, 0.25) is 0 Å². The Kier molecular flexibility index (Phi) is 13.6. The Morgan fingerprint density at radius 1 is 0.588 bits per heavy atom.